The lowest BCUT2D eigenvalue weighted by Gasteiger charge is -2.31. The van der Waals surface area contributed by atoms with Crippen molar-refractivity contribution in [3.63, 3.8) is 0 Å². The summed E-state index contributed by atoms with van der Waals surface area (Å²) in [6.45, 7) is 1.76. The highest BCUT2D eigenvalue weighted by atomic mass is 16.4. The van der Waals surface area contributed by atoms with Crippen LogP contribution in [0.15, 0.2) is 0 Å². The highest BCUT2D eigenvalue weighted by Crippen LogP contribution is 2.40. The zero-order valence-electron chi connectivity index (χ0n) is 11.4. The number of nitrogens with zero attached hydrogens (tertiary/aromatic N) is 1. The van der Waals surface area contributed by atoms with Gasteiger partial charge in [-0.05, 0) is 37.5 Å². The van der Waals surface area contributed by atoms with Crippen LogP contribution in [0.1, 0.15) is 44.9 Å². The van der Waals surface area contributed by atoms with Crippen molar-refractivity contribution in [2.24, 2.45) is 23.7 Å². The second-order valence-corrected chi connectivity index (χ2v) is 6.53. The summed E-state index contributed by atoms with van der Waals surface area (Å²) in [4.78, 5) is 25.9. The van der Waals surface area contributed by atoms with Crippen LogP contribution in [0.4, 0.5) is 0 Å². The van der Waals surface area contributed by atoms with Crippen molar-refractivity contribution in [1.29, 1.82) is 0 Å². The summed E-state index contributed by atoms with van der Waals surface area (Å²) in [7, 11) is 0. The molecule has 1 amide bonds. The van der Waals surface area contributed by atoms with Gasteiger partial charge >= 0.3 is 5.97 Å². The van der Waals surface area contributed by atoms with Crippen LogP contribution >= 0.6 is 0 Å². The van der Waals surface area contributed by atoms with Gasteiger partial charge in [0.05, 0.1) is 11.8 Å². The van der Waals surface area contributed by atoms with Gasteiger partial charge in [0, 0.05) is 13.1 Å². The highest BCUT2D eigenvalue weighted by molar-refractivity contribution is 5.85. The summed E-state index contributed by atoms with van der Waals surface area (Å²) in [5.41, 5.74) is 0. The van der Waals surface area contributed by atoms with Crippen molar-refractivity contribution in [3.8, 4) is 0 Å². The Balaban J connectivity index is 1.67. The van der Waals surface area contributed by atoms with Crippen LogP contribution in [0.3, 0.4) is 0 Å². The van der Waals surface area contributed by atoms with E-state index in [2.05, 4.69) is 0 Å². The van der Waals surface area contributed by atoms with Gasteiger partial charge in [-0.2, -0.15) is 0 Å². The molecule has 4 nitrogen and oxygen atoms in total. The average molecular weight is 265 g/mol. The van der Waals surface area contributed by atoms with Gasteiger partial charge < -0.3 is 10.0 Å². The predicted molar refractivity (Wildman–Crippen MR) is 70.5 cm³/mol. The van der Waals surface area contributed by atoms with E-state index in [1.54, 1.807) is 0 Å². The van der Waals surface area contributed by atoms with Gasteiger partial charge in [0.25, 0.3) is 0 Å². The molecule has 3 aliphatic rings. The Bertz CT molecular complexity index is 370. The molecule has 1 aliphatic heterocycles. The van der Waals surface area contributed by atoms with Gasteiger partial charge in [-0.25, -0.2) is 0 Å². The van der Waals surface area contributed by atoms with Gasteiger partial charge in [0.1, 0.15) is 0 Å². The fourth-order valence-electron chi connectivity index (χ4n) is 4.37. The summed E-state index contributed by atoms with van der Waals surface area (Å²) in [5.74, 6) is 0.0253. The first kappa shape index (κ1) is 12.9. The fourth-order valence-corrected chi connectivity index (χ4v) is 4.37. The molecular formula is C15H23NO3. The molecule has 4 atom stereocenters. The number of hydrogen-bond donors (Lipinski definition) is 1. The minimum Gasteiger partial charge on any atom is -0.481 e. The molecule has 1 N–H and O–H groups in total. The maximum Gasteiger partial charge on any atom is 0.307 e. The summed E-state index contributed by atoms with van der Waals surface area (Å²) < 4.78 is 0. The first-order chi connectivity index (χ1) is 9.16. The molecule has 4 unspecified atom stereocenters. The summed E-state index contributed by atoms with van der Waals surface area (Å²) >= 11 is 0. The van der Waals surface area contributed by atoms with E-state index in [1.165, 1.54) is 19.3 Å². The van der Waals surface area contributed by atoms with Crippen molar-refractivity contribution in [3.05, 3.63) is 0 Å². The summed E-state index contributed by atoms with van der Waals surface area (Å²) in [6.07, 6.45) is 7.20. The Morgan fingerprint density at radius 1 is 0.842 bits per heavy atom. The van der Waals surface area contributed by atoms with E-state index >= 15 is 0 Å². The number of hydrogen-bond acceptors (Lipinski definition) is 2. The molecule has 0 aromatic heterocycles. The SMILES string of the molecule is O=C(O)C1CCCCC1C(=O)N1CC2CCCC2C1. The standard InChI is InChI=1S/C15H23NO3/c17-14(12-6-1-2-7-13(12)15(18)19)16-8-10-4-3-5-11(10)9-16/h10-13H,1-9H2,(H,18,19). The molecule has 0 spiro atoms. The smallest absolute Gasteiger partial charge is 0.307 e. The van der Waals surface area contributed by atoms with Gasteiger partial charge in [-0.1, -0.05) is 19.3 Å². The number of carbonyl (C=O) groups excluding carboxylic acids is 1. The number of likely N-dealkylation sites (tertiary alicyclic amines) is 1. The third-order valence-corrected chi connectivity index (χ3v) is 5.44. The molecule has 1 saturated heterocycles. The van der Waals surface area contributed by atoms with Crippen LogP contribution in [0.5, 0.6) is 0 Å². The normalized spacial score (nSPS) is 38.2. The molecule has 1 heterocycles. The fraction of sp³-hybridized carbons (Fsp3) is 0.867. The maximum absolute atomic E-state index is 12.6. The van der Waals surface area contributed by atoms with Gasteiger partial charge in [-0.3, -0.25) is 9.59 Å². The van der Waals surface area contributed by atoms with Gasteiger partial charge in [0.15, 0.2) is 0 Å². The lowest BCUT2D eigenvalue weighted by atomic mass is 9.78. The Labute approximate surface area is 114 Å². The Hall–Kier alpha value is -1.06. The molecule has 19 heavy (non-hydrogen) atoms. The van der Waals surface area contributed by atoms with E-state index in [4.69, 9.17) is 0 Å². The first-order valence-corrected chi connectivity index (χ1v) is 7.68. The lowest BCUT2D eigenvalue weighted by molar-refractivity contribution is -0.152. The first-order valence-electron chi connectivity index (χ1n) is 7.68. The van der Waals surface area contributed by atoms with E-state index in [9.17, 15) is 14.7 Å². The van der Waals surface area contributed by atoms with Crippen LogP contribution in [-0.2, 0) is 9.59 Å². The van der Waals surface area contributed by atoms with Crippen LogP contribution in [0.25, 0.3) is 0 Å². The molecule has 0 radical (unpaired) electrons. The molecule has 3 rings (SSSR count). The molecule has 0 aromatic rings. The summed E-state index contributed by atoms with van der Waals surface area (Å²) in [5, 5.41) is 9.29. The number of aliphatic carboxylic acids is 1. The van der Waals surface area contributed by atoms with E-state index in [-0.39, 0.29) is 11.8 Å². The molecule has 0 aromatic carbocycles. The molecule has 2 aliphatic carbocycles. The largest absolute Gasteiger partial charge is 0.481 e. The quantitative estimate of drug-likeness (QED) is 0.832. The zero-order valence-corrected chi connectivity index (χ0v) is 11.4. The Morgan fingerprint density at radius 2 is 1.42 bits per heavy atom. The minimum atomic E-state index is -0.780. The van der Waals surface area contributed by atoms with E-state index in [0.29, 0.717) is 18.3 Å². The van der Waals surface area contributed by atoms with Crippen LogP contribution in [0.2, 0.25) is 0 Å². The van der Waals surface area contributed by atoms with E-state index in [1.807, 2.05) is 4.90 Å². The molecule has 4 heteroatoms. The summed E-state index contributed by atoms with van der Waals surface area (Å²) in [6, 6.07) is 0. The number of carboxylic acids is 1. The van der Waals surface area contributed by atoms with Crippen molar-refractivity contribution in [2.45, 2.75) is 44.9 Å². The highest BCUT2D eigenvalue weighted by Gasteiger charge is 2.43. The lowest BCUT2D eigenvalue weighted by Crippen LogP contribution is -2.41. The third kappa shape index (κ3) is 2.37. The minimum absolute atomic E-state index is 0.126. The zero-order chi connectivity index (χ0) is 13.4. The number of carboxylic acid groups (broad SMARTS) is 1. The van der Waals surface area contributed by atoms with Crippen molar-refractivity contribution < 1.29 is 14.7 Å². The van der Waals surface area contributed by atoms with Gasteiger partial charge in [-0.15, -0.1) is 0 Å². The van der Waals surface area contributed by atoms with E-state index < -0.39 is 11.9 Å². The molecule has 106 valence electrons. The second kappa shape index (κ2) is 5.14. The molecule has 0 bridgehead atoms. The van der Waals surface area contributed by atoms with Gasteiger partial charge in [0.2, 0.25) is 5.91 Å². The topological polar surface area (TPSA) is 57.6 Å². The molecule has 3 fully saturated rings. The molecular weight excluding hydrogens is 242 g/mol. The monoisotopic (exact) mass is 265 g/mol. The number of amides is 1. The van der Waals surface area contributed by atoms with Crippen molar-refractivity contribution in [2.75, 3.05) is 13.1 Å². The maximum atomic E-state index is 12.6. The molecule has 2 saturated carbocycles. The Morgan fingerprint density at radius 3 is 2.00 bits per heavy atom. The predicted octanol–water partition coefficient (Wildman–Crippen LogP) is 2.14. The van der Waals surface area contributed by atoms with Crippen LogP contribution in [-0.4, -0.2) is 35.0 Å². The Kier molecular flexibility index (Phi) is 3.50. The third-order valence-electron chi connectivity index (χ3n) is 5.44. The number of rotatable bonds is 2. The van der Waals surface area contributed by atoms with Crippen molar-refractivity contribution in [1.82, 2.24) is 4.90 Å². The van der Waals surface area contributed by atoms with Crippen LogP contribution < -0.4 is 0 Å². The van der Waals surface area contributed by atoms with Crippen molar-refractivity contribution >= 4 is 11.9 Å². The number of fused-ring (bicyclic) bond motifs is 1. The average Bonchev–Trinajstić information content (AvgIpc) is 2.98. The number of carbonyl (C=O) groups is 2. The van der Waals surface area contributed by atoms with E-state index in [0.717, 1.165) is 32.4 Å². The van der Waals surface area contributed by atoms with Crippen LogP contribution in [0, 0.1) is 23.7 Å². The second-order valence-electron chi connectivity index (χ2n) is 6.53.